The lowest BCUT2D eigenvalue weighted by molar-refractivity contribution is -0.137. The van der Waals surface area contributed by atoms with E-state index >= 15 is 0 Å². The van der Waals surface area contributed by atoms with Crippen molar-refractivity contribution in [3.63, 3.8) is 0 Å². The van der Waals surface area contributed by atoms with Crippen LogP contribution in [0, 0.1) is 26.7 Å². The fourth-order valence-electron chi connectivity index (χ4n) is 5.49. The number of hydrogen-bond donors (Lipinski definition) is 3. The van der Waals surface area contributed by atoms with Gasteiger partial charge in [0.05, 0.1) is 24.3 Å². The van der Waals surface area contributed by atoms with Gasteiger partial charge in [-0.15, -0.1) is 11.3 Å². The smallest absolute Gasteiger partial charge is 0.274 e. The number of aromatic nitrogens is 4. The summed E-state index contributed by atoms with van der Waals surface area (Å²) in [4.78, 5) is 64.8. The van der Waals surface area contributed by atoms with Crippen molar-refractivity contribution in [2.75, 3.05) is 13.1 Å². The summed E-state index contributed by atoms with van der Waals surface area (Å²) in [6, 6.07) is 9.71. The minimum atomic E-state index is -0.673. The van der Waals surface area contributed by atoms with E-state index < -0.39 is 35.8 Å². The molecule has 3 aromatic heterocycles. The van der Waals surface area contributed by atoms with E-state index in [0.717, 1.165) is 17.0 Å². The molecule has 248 valence electrons. The maximum atomic E-state index is 13.9. The normalized spacial score (nSPS) is 19.5. The molecule has 3 atom stereocenters. The molecule has 3 N–H and O–H groups in total. The van der Waals surface area contributed by atoms with Gasteiger partial charge in [-0.05, 0) is 51.7 Å². The van der Waals surface area contributed by atoms with Crippen LogP contribution >= 0.6 is 11.3 Å². The van der Waals surface area contributed by atoms with Gasteiger partial charge in [0.15, 0.2) is 5.69 Å². The molecule has 47 heavy (non-hydrogen) atoms. The van der Waals surface area contributed by atoms with Crippen LogP contribution < -0.4 is 16.0 Å². The highest BCUT2D eigenvalue weighted by atomic mass is 32.1. The summed E-state index contributed by atoms with van der Waals surface area (Å²) in [6.07, 6.45) is 0.397. The molecule has 5 rings (SSSR count). The van der Waals surface area contributed by atoms with Crippen molar-refractivity contribution in [2.24, 2.45) is 5.92 Å². The topological polar surface area (TPSA) is 164 Å². The standard InChI is InChI=1S/C33H40N8O5S/c1-18(2)28-32-38-29(22(6)46-32)31(45)34-21(5)33-36-25(17-47-33)30(44)35-24(13-23-10-8-7-9-11-23)14-40(15-26(42)37-28)27(43)16-41-20(4)12-19(3)39-41/h7-12,17-18,21,24,28H,13-16H2,1-6H3,(H,34,45)(H,35,44)(H,37,42)/t21-,24-,28+/m1/s1. The Bertz CT molecular complexity index is 1760. The van der Waals surface area contributed by atoms with Crippen molar-refractivity contribution < 1.29 is 23.6 Å². The number of rotatable bonds is 5. The van der Waals surface area contributed by atoms with Crippen molar-refractivity contribution in [1.82, 2.24) is 40.6 Å². The molecule has 4 bridgehead atoms. The predicted molar refractivity (Wildman–Crippen MR) is 175 cm³/mol. The molecule has 4 heterocycles. The van der Waals surface area contributed by atoms with Crippen molar-refractivity contribution in [1.29, 1.82) is 0 Å². The number of hydrogen-bond acceptors (Lipinski definition) is 9. The van der Waals surface area contributed by atoms with Gasteiger partial charge in [-0.2, -0.15) is 5.10 Å². The van der Waals surface area contributed by atoms with Gasteiger partial charge in [0.25, 0.3) is 11.8 Å². The number of aryl methyl sites for hydroxylation is 3. The van der Waals surface area contributed by atoms with Gasteiger partial charge in [-0.1, -0.05) is 44.2 Å². The highest BCUT2D eigenvalue weighted by Gasteiger charge is 2.31. The maximum absolute atomic E-state index is 13.9. The van der Waals surface area contributed by atoms with Crippen LogP contribution in [0.15, 0.2) is 46.2 Å². The van der Waals surface area contributed by atoms with Gasteiger partial charge in [0.1, 0.15) is 29.0 Å². The van der Waals surface area contributed by atoms with Crippen molar-refractivity contribution in [3.05, 3.63) is 86.8 Å². The van der Waals surface area contributed by atoms with E-state index in [9.17, 15) is 19.2 Å². The third kappa shape index (κ3) is 8.12. The SMILES string of the molecule is Cc1cc(C)n(CC(=O)N2CC(=O)N[C@@H](C(C)C)c3nc(c(C)o3)C(=O)N[C@H](C)c3nc(cs3)C(=O)N[C@H](Cc3ccccc3)C2)n1. The van der Waals surface area contributed by atoms with E-state index in [1.807, 2.05) is 64.1 Å². The molecule has 13 nitrogen and oxygen atoms in total. The van der Waals surface area contributed by atoms with Crippen molar-refractivity contribution in [2.45, 2.75) is 72.6 Å². The molecule has 4 aromatic rings. The highest BCUT2D eigenvalue weighted by molar-refractivity contribution is 7.09. The molecule has 1 aliphatic heterocycles. The van der Waals surface area contributed by atoms with Crippen LogP contribution in [0.5, 0.6) is 0 Å². The van der Waals surface area contributed by atoms with Gasteiger partial charge in [-0.3, -0.25) is 23.9 Å². The summed E-state index contributed by atoms with van der Waals surface area (Å²) in [5.41, 5.74) is 2.80. The molecule has 0 saturated heterocycles. The van der Waals surface area contributed by atoms with Crippen LogP contribution in [0.3, 0.4) is 0 Å². The Morgan fingerprint density at radius 2 is 1.79 bits per heavy atom. The number of thiazole rings is 1. The van der Waals surface area contributed by atoms with E-state index in [0.29, 0.717) is 17.2 Å². The summed E-state index contributed by atoms with van der Waals surface area (Å²) in [6.45, 7) is 10.6. The fraction of sp³-hybridized carbons (Fsp3) is 0.424. The molecule has 0 saturated carbocycles. The molecule has 4 amide bonds. The second-order valence-corrected chi connectivity index (χ2v) is 13.1. The zero-order chi connectivity index (χ0) is 33.8. The second-order valence-electron chi connectivity index (χ2n) is 12.2. The first-order valence-electron chi connectivity index (χ1n) is 15.5. The summed E-state index contributed by atoms with van der Waals surface area (Å²) in [5, 5.41) is 15.5. The van der Waals surface area contributed by atoms with Crippen LogP contribution in [0.4, 0.5) is 0 Å². The van der Waals surface area contributed by atoms with E-state index in [1.54, 1.807) is 23.9 Å². The number of amides is 4. The quantitative estimate of drug-likeness (QED) is 0.293. The van der Waals surface area contributed by atoms with Gasteiger partial charge in [0.2, 0.25) is 17.7 Å². The molecule has 0 aliphatic carbocycles. The zero-order valence-electron chi connectivity index (χ0n) is 27.4. The first-order chi connectivity index (χ1) is 22.4. The lowest BCUT2D eigenvalue weighted by Gasteiger charge is -2.29. The average molecular weight is 661 g/mol. The van der Waals surface area contributed by atoms with Crippen LogP contribution in [0.2, 0.25) is 0 Å². The number of nitrogens with one attached hydrogen (secondary N) is 3. The minimum absolute atomic E-state index is 0.0459. The molecule has 14 heteroatoms. The summed E-state index contributed by atoms with van der Waals surface area (Å²) in [7, 11) is 0. The molecule has 0 fully saturated rings. The second kappa shape index (κ2) is 14.3. The third-order valence-corrected chi connectivity index (χ3v) is 8.95. The Morgan fingerprint density at radius 1 is 1.04 bits per heavy atom. The Morgan fingerprint density at radius 3 is 2.47 bits per heavy atom. The molecule has 0 unspecified atom stereocenters. The Labute approximate surface area is 277 Å². The predicted octanol–water partition coefficient (Wildman–Crippen LogP) is 3.44. The van der Waals surface area contributed by atoms with Gasteiger partial charge < -0.3 is 25.3 Å². The first kappa shape index (κ1) is 33.5. The van der Waals surface area contributed by atoms with E-state index in [1.165, 1.54) is 16.2 Å². The van der Waals surface area contributed by atoms with Gasteiger partial charge in [0, 0.05) is 17.6 Å². The monoisotopic (exact) mass is 660 g/mol. The van der Waals surface area contributed by atoms with E-state index in [-0.39, 0.29) is 48.7 Å². The number of benzene rings is 1. The third-order valence-electron chi connectivity index (χ3n) is 7.93. The molecule has 1 aromatic carbocycles. The maximum Gasteiger partial charge on any atom is 0.274 e. The lowest BCUT2D eigenvalue weighted by Crippen LogP contribution is -2.51. The van der Waals surface area contributed by atoms with Crippen LogP contribution in [0.1, 0.15) is 87.4 Å². The molecular formula is C33H40N8O5S. The largest absolute Gasteiger partial charge is 0.443 e. The van der Waals surface area contributed by atoms with Crippen LogP contribution in [0.25, 0.3) is 0 Å². The molecular weight excluding hydrogens is 620 g/mol. The Hall–Kier alpha value is -4.85. The van der Waals surface area contributed by atoms with E-state index in [4.69, 9.17) is 4.42 Å². The van der Waals surface area contributed by atoms with Crippen LogP contribution in [-0.2, 0) is 22.6 Å². The number of nitrogens with zero attached hydrogens (tertiary/aromatic N) is 5. The van der Waals surface area contributed by atoms with Crippen molar-refractivity contribution in [3.8, 4) is 0 Å². The number of carbonyl (C=O) groups excluding carboxylic acids is 4. The summed E-state index contributed by atoms with van der Waals surface area (Å²) in [5.74, 6) is -1.36. The molecule has 0 radical (unpaired) electrons. The summed E-state index contributed by atoms with van der Waals surface area (Å²) >= 11 is 1.25. The van der Waals surface area contributed by atoms with Crippen LogP contribution in [-0.4, -0.2) is 67.4 Å². The zero-order valence-corrected chi connectivity index (χ0v) is 28.2. The number of fused-ring (bicyclic) bond motifs is 4. The number of carbonyl (C=O) groups is 4. The molecule has 0 spiro atoms. The van der Waals surface area contributed by atoms with Crippen molar-refractivity contribution >= 4 is 35.0 Å². The fourth-order valence-corrected chi connectivity index (χ4v) is 6.29. The minimum Gasteiger partial charge on any atom is -0.443 e. The van der Waals surface area contributed by atoms with E-state index in [2.05, 4.69) is 31.0 Å². The first-order valence-corrected chi connectivity index (χ1v) is 16.4. The van der Waals surface area contributed by atoms with Gasteiger partial charge >= 0.3 is 0 Å². The summed E-state index contributed by atoms with van der Waals surface area (Å²) < 4.78 is 7.51. The Kier molecular flexibility index (Phi) is 10.2. The highest BCUT2D eigenvalue weighted by Crippen LogP contribution is 2.25. The number of oxazole rings is 1. The Balaban J connectivity index is 1.53. The van der Waals surface area contributed by atoms with Gasteiger partial charge in [-0.25, -0.2) is 9.97 Å². The lowest BCUT2D eigenvalue weighted by atomic mass is 10.0. The average Bonchev–Trinajstić information content (AvgIpc) is 3.74. The molecule has 1 aliphatic rings.